The van der Waals surface area contributed by atoms with Crippen LogP contribution in [0.2, 0.25) is 0 Å². The standard InChI is InChI=1S/C20H16F4N6O/c1-2-15-27-13-7-11(21)12(22)8-14(13)30(15)18-16(17(25)28-20(26)29-18)9-3-5-10(6-4-9)31-19(23)24/h3-8,19H,2H2,1H3,(H4,25,26,28,29). The molecule has 4 rings (SSSR count). The van der Waals surface area contributed by atoms with Crippen molar-refractivity contribution in [2.75, 3.05) is 11.5 Å². The highest BCUT2D eigenvalue weighted by Crippen LogP contribution is 2.35. The van der Waals surface area contributed by atoms with Crippen molar-refractivity contribution < 1.29 is 22.3 Å². The van der Waals surface area contributed by atoms with Crippen molar-refractivity contribution in [1.82, 2.24) is 19.5 Å². The monoisotopic (exact) mass is 432 g/mol. The van der Waals surface area contributed by atoms with E-state index in [2.05, 4.69) is 19.7 Å². The minimum atomic E-state index is -2.97. The lowest BCUT2D eigenvalue weighted by molar-refractivity contribution is -0.0498. The number of hydrogen-bond acceptors (Lipinski definition) is 6. The van der Waals surface area contributed by atoms with Crippen LogP contribution in [0.4, 0.5) is 29.3 Å². The van der Waals surface area contributed by atoms with Gasteiger partial charge in [0.1, 0.15) is 17.4 Å². The molecule has 0 aliphatic heterocycles. The van der Waals surface area contributed by atoms with Crippen LogP contribution in [0.25, 0.3) is 28.0 Å². The number of benzene rings is 2. The summed E-state index contributed by atoms with van der Waals surface area (Å²) >= 11 is 0. The number of aromatic nitrogens is 4. The van der Waals surface area contributed by atoms with E-state index in [-0.39, 0.29) is 34.4 Å². The van der Waals surface area contributed by atoms with E-state index in [0.29, 0.717) is 23.4 Å². The Morgan fingerprint density at radius 1 is 1.00 bits per heavy atom. The van der Waals surface area contributed by atoms with Crippen molar-refractivity contribution in [3.05, 3.63) is 53.9 Å². The van der Waals surface area contributed by atoms with Gasteiger partial charge in [-0.05, 0) is 17.7 Å². The van der Waals surface area contributed by atoms with Crippen molar-refractivity contribution >= 4 is 22.8 Å². The molecule has 4 aromatic rings. The third-order valence-electron chi connectivity index (χ3n) is 4.60. The van der Waals surface area contributed by atoms with E-state index >= 15 is 0 Å². The number of fused-ring (bicyclic) bond motifs is 1. The minimum absolute atomic E-state index is 0.0107. The van der Waals surface area contributed by atoms with E-state index in [1.54, 1.807) is 0 Å². The summed E-state index contributed by atoms with van der Waals surface area (Å²) in [4.78, 5) is 12.6. The second-order valence-corrected chi connectivity index (χ2v) is 6.54. The average Bonchev–Trinajstić information content (AvgIpc) is 3.05. The molecule has 0 saturated heterocycles. The molecule has 160 valence electrons. The first-order valence-electron chi connectivity index (χ1n) is 9.13. The van der Waals surface area contributed by atoms with Gasteiger partial charge in [-0.1, -0.05) is 19.1 Å². The number of aryl methyl sites for hydroxylation is 1. The van der Waals surface area contributed by atoms with E-state index in [4.69, 9.17) is 11.5 Å². The fourth-order valence-corrected chi connectivity index (χ4v) is 3.32. The quantitative estimate of drug-likeness (QED) is 0.461. The van der Waals surface area contributed by atoms with E-state index < -0.39 is 18.2 Å². The van der Waals surface area contributed by atoms with Gasteiger partial charge in [0.25, 0.3) is 0 Å². The number of nitrogen functional groups attached to an aromatic ring is 2. The van der Waals surface area contributed by atoms with Crippen LogP contribution < -0.4 is 16.2 Å². The maximum Gasteiger partial charge on any atom is 0.387 e. The molecule has 0 unspecified atom stereocenters. The zero-order chi connectivity index (χ0) is 22.3. The Bertz CT molecular complexity index is 1270. The third-order valence-corrected chi connectivity index (χ3v) is 4.60. The summed E-state index contributed by atoms with van der Waals surface area (Å²) in [5.74, 6) is -1.61. The summed E-state index contributed by atoms with van der Waals surface area (Å²) in [5, 5.41) is 0. The van der Waals surface area contributed by atoms with Crippen LogP contribution in [0.1, 0.15) is 12.7 Å². The minimum Gasteiger partial charge on any atom is -0.435 e. The van der Waals surface area contributed by atoms with Crippen LogP contribution in [-0.2, 0) is 6.42 Å². The summed E-state index contributed by atoms with van der Waals surface area (Å²) in [6.45, 7) is -1.15. The zero-order valence-corrected chi connectivity index (χ0v) is 16.1. The van der Waals surface area contributed by atoms with Crippen LogP contribution in [-0.4, -0.2) is 26.1 Å². The highest BCUT2D eigenvalue weighted by Gasteiger charge is 2.22. The molecule has 0 aliphatic carbocycles. The van der Waals surface area contributed by atoms with Gasteiger partial charge in [0.2, 0.25) is 5.95 Å². The van der Waals surface area contributed by atoms with Crippen molar-refractivity contribution in [3.63, 3.8) is 0 Å². The van der Waals surface area contributed by atoms with Crippen LogP contribution in [0.5, 0.6) is 5.75 Å². The van der Waals surface area contributed by atoms with E-state index in [1.807, 2.05) is 6.92 Å². The third kappa shape index (κ3) is 3.69. The predicted octanol–water partition coefficient (Wildman–Crippen LogP) is 4.09. The van der Waals surface area contributed by atoms with E-state index in [0.717, 1.165) is 12.1 Å². The number of imidazole rings is 1. The lowest BCUT2D eigenvalue weighted by Crippen LogP contribution is -2.11. The first kappa shape index (κ1) is 20.4. The lowest BCUT2D eigenvalue weighted by atomic mass is 10.1. The van der Waals surface area contributed by atoms with Crippen LogP contribution >= 0.6 is 0 Å². The Hall–Kier alpha value is -3.89. The number of hydrogen-bond donors (Lipinski definition) is 2. The number of anilines is 2. The van der Waals surface area contributed by atoms with Gasteiger partial charge in [-0.3, -0.25) is 4.57 Å². The van der Waals surface area contributed by atoms with Crippen LogP contribution in [0, 0.1) is 11.6 Å². The molecular weight excluding hydrogens is 416 g/mol. The largest absolute Gasteiger partial charge is 0.435 e. The molecule has 0 bridgehead atoms. The van der Waals surface area contributed by atoms with Gasteiger partial charge in [-0.2, -0.15) is 18.7 Å². The highest BCUT2D eigenvalue weighted by molar-refractivity contribution is 5.85. The van der Waals surface area contributed by atoms with Crippen LogP contribution in [0.15, 0.2) is 36.4 Å². The Labute approximate surface area is 173 Å². The molecule has 0 radical (unpaired) electrons. The van der Waals surface area contributed by atoms with Gasteiger partial charge in [0.15, 0.2) is 17.5 Å². The Kier molecular flexibility index (Phi) is 5.09. The molecule has 0 spiro atoms. The molecule has 4 N–H and O–H groups in total. The molecule has 0 saturated carbocycles. The number of alkyl halides is 2. The summed E-state index contributed by atoms with van der Waals surface area (Å²) in [7, 11) is 0. The van der Waals surface area contributed by atoms with Crippen LogP contribution in [0.3, 0.4) is 0 Å². The summed E-state index contributed by atoms with van der Waals surface area (Å²) in [6.07, 6.45) is 0.405. The van der Waals surface area contributed by atoms with E-state index in [9.17, 15) is 17.6 Å². The van der Waals surface area contributed by atoms with Gasteiger partial charge in [-0.25, -0.2) is 13.8 Å². The van der Waals surface area contributed by atoms with Gasteiger partial charge in [0.05, 0.1) is 16.6 Å². The van der Waals surface area contributed by atoms with Crippen molar-refractivity contribution in [1.29, 1.82) is 0 Å². The molecule has 0 fully saturated rings. The van der Waals surface area contributed by atoms with Crippen molar-refractivity contribution in [3.8, 4) is 22.7 Å². The number of ether oxygens (including phenoxy) is 1. The Morgan fingerprint density at radius 3 is 2.32 bits per heavy atom. The Morgan fingerprint density at radius 2 is 1.68 bits per heavy atom. The number of nitrogens with two attached hydrogens (primary N) is 2. The predicted molar refractivity (Wildman–Crippen MR) is 107 cm³/mol. The number of nitrogens with zero attached hydrogens (tertiary/aromatic N) is 4. The average molecular weight is 432 g/mol. The lowest BCUT2D eigenvalue weighted by Gasteiger charge is -2.15. The fourth-order valence-electron chi connectivity index (χ4n) is 3.32. The summed E-state index contributed by atoms with van der Waals surface area (Å²) in [6, 6.07) is 7.67. The maximum absolute atomic E-state index is 14.0. The molecule has 11 heteroatoms. The first-order chi connectivity index (χ1) is 14.8. The topological polar surface area (TPSA) is 105 Å². The molecule has 2 heterocycles. The second kappa shape index (κ2) is 7.74. The normalized spacial score (nSPS) is 11.4. The fraction of sp³-hybridized carbons (Fsp3) is 0.150. The Balaban J connectivity index is 1.98. The van der Waals surface area contributed by atoms with Crippen molar-refractivity contribution in [2.24, 2.45) is 0 Å². The first-order valence-corrected chi connectivity index (χ1v) is 9.13. The van der Waals surface area contributed by atoms with E-state index in [1.165, 1.54) is 28.8 Å². The molecule has 31 heavy (non-hydrogen) atoms. The molecular formula is C20H16F4N6O. The maximum atomic E-state index is 14.0. The smallest absolute Gasteiger partial charge is 0.387 e. The summed E-state index contributed by atoms with van der Waals surface area (Å²) in [5.41, 5.74) is 13.2. The van der Waals surface area contributed by atoms with Gasteiger partial charge in [0, 0.05) is 18.6 Å². The van der Waals surface area contributed by atoms with Gasteiger partial charge in [-0.15, -0.1) is 0 Å². The highest BCUT2D eigenvalue weighted by atomic mass is 19.3. The molecule has 2 aromatic carbocycles. The zero-order valence-electron chi connectivity index (χ0n) is 16.1. The number of halogens is 4. The summed E-state index contributed by atoms with van der Waals surface area (Å²) < 4.78 is 58.5. The molecule has 7 nitrogen and oxygen atoms in total. The van der Waals surface area contributed by atoms with Crippen molar-refractivity contribution in [2.45, 2.75) is 20.0 Å². The molecule has 0 atom stereocenters. The number of rotatable bonds is 5. The SMILES string of the molecule is CCc1nc2cc(F)c(F)cc2n1-c1nc(N)nc(N)c1-c1ccc(OC(F)F)cc1. The van der Waals surface area contributed by atoms with Gasteiger partial charge < -0.3 is 16.2 Å². The molecule has 2 aromatic heterocycles. The second-order valence-electron chi connectivity index (χ2n) is 6.54. The van der Waals surface area contributed by atoms with Gasteiger partial charge >= 0.3 is 6.61 Å². The molecule has 0 aliphatic rings. The molecule has 0 amide bonds.